The largest absolute Gasteiger partial charge is 0.494 e. The molecule has 0 fully saturated rings. The molecule has 0 spiro atoms. The smallest absolute Gasteiger partial charge is 0.271 e. The van der Waals surface area contributed by atoms with Gasteiger partial charge in [-0.3, -0.25) is 14.2 Å². The molecule has 1 unspecified atom stereocenters. The van der Waals surface area contributed by atoms with Crippen LogP contribution in [0.15, 0.2) is 33.5 Å². The average molecular weight is 389 g/mol. The van der Waals surface area contributed by atoms with Gasteiger partial charge in [0.05, 0.1) is 5.56 Å². The number of hydrogen-bond acceptors (Lipinski definition) is 4. The van der Waals surface area contributed by atoms with Gasteiger partial charge in [0.1, 0.15) is 11.6 Å². The highest BCUT2D eigenvalue weighted by Crippen LogP contribution is 2.28. The zero-order valence-corrected chi connectivity index (χ0v) is 15.2. The van der Waals surface area contributed by atoms with Crippen molar-refractivity contribution in [1.82, 2.24) is 4.57 Å². The van der Waals surface area contributed by atoms with Gasteiger partial charge in [-0.1, -0.05) is 22.9 Å². The number of nitriles is 1. The van der Waals surface area contributed by atoms with E-state index in [4.69, 9.17) is 0 Å². The number of ketones is 1. The van der Waals surface area contributed by atoms with Gasteiger partial charge in [0.2, 0.25) is 5.88 Å². The minimum atomic E-state index is -0.575. The Morgan fingerprint density at radius 3 is 2.46 bits per heavy atom. The van der Waals surface area contributed by atoms with Crippen molar-refractivity contribution >= 4 is 21.7 Å². The van der Waals surface area contributed by atoms with Crippen LogP contribution in [0.25, 0.3) is 0 Å². The topological polar surface area (TPSA) is 83.1 Å². The van der Waals surface area contributed by atoms with Gasteiger partial charge >= 0.3 is 0 Å². The Labute approximate surface area is 148 Å². The van der Waals surface area contributed by atoms with Crippen molar-refractivity contribution in [2.75, 3.05) is 0 Å². The number of pyridine rings is 1. The van der Waals surface area contributed by atoms with E-state index in [0.29, 0.717) is 12.0 Å². The molecule has 1 heterocycles. The molecule has 2 rings (SSSR count). The van der Waals surface area contributed by atoms with Crippen molar-refractivity contribution in [2.24, 2.45) is 0 Å². The van der Waals surface area contributed by atoms with Gasteiger partial charge in [0, 0.05) is 16.1 Å². The fourth-order valence-corrected chi connectivity index (χ4v) is 2.80. The third kappa shape index (κ3) is 3.00. The number of carbonyl (C=O) groups is 1. The molecule has 0 aliphatic heterocycles. The lowest BCUT2D eigenvalue weighted by Crippen LogP contribution is -2.28. The number of aromatic nitrogens is 1. The SMILES string of the molecule is CCC(C)n1c(O)c(C(=O)c2ccc(Br)cc2)c(C)c(C#N)c1=O. The Morgan fingerprint density at radius 1 is 1.38 bits per heavy atom. The zero-order chi connectivity index (χ0) is 18.0. The van der Waals surface area contributed by atoms with Crippen molar-refractivity contribution in [3.05, 3.63) is 61.3 Å². The van der Waals surface area contributed by atoms with E-state index < -0.39 is 17.2 Å². The standard InChI is InChI=1S/C18H17BrN2O3/c1-4-10(2)21-17(23)14(9-20)11(3)15(18(21)24)16(22)12-5-7-13(19)8-6-12/h5-8,10,24H,4H2,1-3H3. The molecule has 1 N–H and O–H groups in total. The maximum absolute atomic E-state index is 12.8. The van der Waals surface area contributed by atoms with Crippen molar-refractivity contribution in [3.8, 4) is 11.9 Å². The predicted octanol–water partition coefficient (Wildman–Crippen LogP) is 3.70. The van der Waals surface area contributed by atoms with Crippen LogP contribution >= 0.6 is 15.9 Å². The van der Waals surface area contributed by atoms with Crippen LogP contribution in [-0.4, -0.2) is 15.5 Å². The predicted molar refractivity (Wildman–Crippen MR) is 94.4 cm³/mol. The minimum Gasteiger partial charge on any atom is -0.494 e. The molecule has 0 saturated heterocycles. The van der Waals surface area contributed by atoms with E-state index in [1.807, 2.05) is 13.0 Å². The third-order valence-electron chi connectivity index (χ3n) is 4.11. The summed E-state index contributed by atoms with van der Waals surface area (Å²) in [4.78, 5) is 25.3. The summed E-state index contributed by atoms with van der Waals surface area (Å²) in [5.41, 5.74) is -0.126. The summed E-state index contributed by atoms with van der Waals surface area (Å²) in [5.74, 6) is -0.815. The minimum absolute atomic E-state index is 0.00577. The molecule has 2 aromatic rings. The highest BCUT2D eigenvalue weighted by Gasteiger charge is 2.26. The normalized spacial score (nSPS) is 11.8. The van der Waals surface area contributed by atoms with E-state index in [-0.39, 0.29) is 22.7 Å². The molecular weight excluding hydrogens is 372 g/mol. The molecule has 0 aliphatic carbocycles. The maximum Gasteiger partial charge on any atom is 0.271 e. The van der Waals surface area contributed by atoms with Crippen LogP contribution in [0, 0.1) is 18.3 Å². The lowest BCUT2D eigenvalue weighted by atomic mass is 9.97. The number of halogens is 1. The summed E-state index contributed by atoms with van der Waals surface area (Å²) in [6.45, 7) is 5.12. The number of nitrogens with zero attached hydrogens (tertiary/aromatic N) is 2. The zero-order valence-electron chi connectivity index (χ0n) is 13.6. The molecule has 0 saturated carbocycles. The maximum atomic E-state index is 12.8. The highest BCUT2D eigenvalue weighted by atomic mass is 79.9. The number of benzene rings is 1. The van der Waals surface area contributed by atoms with Crippen LogP contribution in [0.4, 0.5) is 0 Å². The molecule has 24 heavy (non-hydrogen) atoms. The van der Waals surface area contributed by atoms with E-state index in [2.05, 4.69) is 15.9 Å². The van der Waals surface area contributed by atoms with Crippen molar-refractivity contribution < 1.29 is 9.90 Å². The van der Waals surface area contributed by atoms with Crippen LogP contribution < -0.4 is 5.56 Å². The fourth-order valence-electron chi connectivity index (χ4n) is 2.53. The third-order valence-corrected chi connectivity index (χ3v) is 4.64. The summed E-state index contributed by atoms with van der Waals surface area (Å²) < 4.78 is 1.94. The molecule has 1 aromatic carbocycles. The van der Waals surface area contributed by atoms with Gasteiger partial charge in [0.15, 0.2) is 5.78 Å². The Kier molecular flexibility index (Phi) is 5.25. The van der Waals surface area contributed by atoms with Crippen LogP contribution in [0.2, 0.25) is 0 Å². The van der Waals surface area contributed by atoms with Gasteiger partial charge in [-0.05, 0) is 50.1 Å². The molecule has 0 bridgehead atoms. The Hall–Kier alpha value is -2.39. The van der Waals surface area contributed by atoms with E-state index in [0.717, 1.165) is 9.04 Å². The van der Waals surface area contributed by atoms with E-state index in [9.17, 15) is 20.0 Å². The summed E-state index contributed by atoms with van der Waals surface area (Å²) in [7, 11) is 0. The van der Waals surface area contributed by atoms with Crippen molar-refractivity contribution in [3.63, 3.8) is 0 Å². The Balaban J connectivity index is 2.78. The second kappa shape index (κ2) is 7.02. The first kappa shape index (κ1) is 18.0. The highest BCUT2D eigenvalue weighted by molar-refractivity contribution is 9.10. The van der Waals surface area contributed by atoms with Gasteiger partial charge in [-0.15, -0.1) is 0 Å². The molecular formula is C18H17BrN2O3. The van der Waals surface area contributed by atoms with Crippen LogP contribution in [0.3, 0.4) is 0 Å². The molecule has 1 atom stereocenters. The summed E-state index contributed by atoms with van der Waals surface area (Å²) in [6.07, 6.45) is 0.577. The molecule has 0 aliphatic rings. The molecule has 0 amide bonds. The second-order valence-corrected chi connectivity index (χ2v) is 6.49. The number of aromatic hydroxyl groups is 1. The first-order chi connectivity index (χ1) is 11.3. The Bertz CT molecular complexity index is 892. The molecule has 5 nitrogen and oxygen atoms in total. The summed E-state index contributed by atoms with van der Waals surface area (Å²) >= 11 is 3.30. The van der Waals surface area contributed by atoms with E-state index >= 15 is 0 Å². The number of hydrogen-bond donors (Lipinski definition) is 1. The van der Waals surface area contributed by atoms with E-state index in [1.165, 1.54) is 6.92 Å². The fraction of sp³-hybridized carbons (Fsp3) is 0.278. The lowest BCUT2D eigenvalue weighted by Gasteiger charge is -2.19. The monoisotopic (exact) mass is 388 g/mol. The van der Waals surface area contributed by atoms with Gasteiger partial charge in [-0.25, -0.2) is 0 Å². The quantitative estimate of drug-likeness (QED) is 0.809. The first-order valence-electron chi connectivity index (χ1n) is 7.51. The van der Waals surface area contributed by atoms with Gasteiger partial charge in [0.25, 0.3) is 5.56 Å². The number of carbonyl (C=O) groups excluding carboxylic acids is 1. The van der Waals surface area contributed by atoms with Crippen LogP contribution in [-0.2, 0) is 0 Å². The summed E-state index contributed by atoms with van der Waals surface area (Å²) in [6, 6.07) is 8.21. The van der Waals surface area contributed by atoms with Crippen LogP contribution in [0.5, 0.6) is 5.88 Å². The van der Waals surface area contributed by atoms with Crippen molar-refractivity contribution in [1.29, 1.82) is 5.26 Å². The summed E-state index contributed by atoms with van der Waals surface area (Å²) in [5, 5.41) is 19.9. The average Bonchev–Trinajstić information content (AvgIpc) is 2.55. The van der Waals surface area contributed by atoms with Crippen LogP contribution in [0.1, 0.15) is 53.4 Å². The molecule has 6 heteroatoms. The van der Waals surface area contributed by atoms with Gasteiger partial charge in [-0.2, -0.15) is 5.26 Å². The molecule has 0 radical (unpaired) electrons. The lowest BCUT2D eigenvalue weighted by molar-refractivity contribution is 0.103. The Morgan fingerprint density at radius 2 is 1.96 bits per heavy atom. The second-order valence-electron chi connectivity index (χ2n) is 5.58. The van der Waals surface area contributed by atoms with Crippen molar-refractivity contribution in [2.45, 2.75) is 33.2 Å². The van der Waals surface area contributed by atoms with E-state index in [1.54, 1.807) is 31.2 Å². The van der Waals surface area contributed by atoms with Gasteiger partial charge < -0.3 is 5.11 Å². The molecule has 1 aromatic heterocycles. The number of rotatable bonds is 4. The molecule has 124 valence electrons. The first-order valence-corrected chi connectivity index (χ1v) is 8.31.